The van der Waals surface area contributed by atoms with E-state index in [1.54, 1.807) is 12.1 Å². The molecule has 1 aliphatic carbocycles. The molecular formula is C14H20ClN3OS. The molecule has 2 rings (SSSR count). The number of rotatable bonds is 6. The third kappa shape index (κ3) is 3.58. The first-order chi connectivity index (χ1) is 9.58. The number of hydrogen-bond donors (Lipinski definition) is 2. The monoisotopic (exact) mass is 313 g/mol. The molecule has 1 aliphatic rings. The van der Waals surface area contributed by atoms with Crippen LogP contribution in [0.5, 0.6) is 0 Å². The molecule has 0 aromatic carbocycles. The maximum Gasteiger partial charge on any atom is 0.251 e. The Labute approximate surface area is 129 Å². The summed E-state index contributed by atoms with van der Waals surface area (Å²) < 4.78 is 0.233. The quantitative estimate of drug-likeness (QED) is 0.792. The van der Waals surface area contributed by atoms with Crippen LogP contribution in [0.2, 0.25) is 5.15 Å². The Morgan fingerprint density at radius 2 is 2.25 bits per heavy atom. The largest absolute Gasteiger partial charge is 0.370 e. The lowest BCUT2D eigenvalue weighted by molar-refractivity contribution is 0.0944. The molecule has 1 saturated carbocycles. The highest BCUT2D eigenvalue weighted by molar-refractivity contribution is 8.00. The zero-order chi connectivity index (χ0) is 14.6. The van der Waals surface area contributed by atoms with Crippen LogP contribution in [0.4, 0.5) is 5.82 Å². The van der Waals surface area contributed by atoms with Gasteiger partial charge in [-0.15, -0.1) is 0 Å². The highest BCUT2D eigenvalue weighted by Crippen LogP contribution is 2.42. The minimum atomic E-state index is -0.0891. The van der Waals surface area contributed by atoms with Gasteiger partial charge in [0.05, 0.1) is 0 Å². The van der Waals surface area contributed by atoms with Crippen molar-refractivity contribution in [1.29, 1.82) is 0 Å². The van der Waals surface area contributed by atoms with Gasteiger partial charge in [-0.2, -0.15) is 11.8 Å². The summed E-state index contributed by atoms with van der Waals surface area (Å²) in [5.41, 5.74) is 0.552. The Hall–Kier alpha value is -0.940. The lowest BCUT2D eigenvalue weighted by Gasteiger charge is -2.40. The molecule has 1 heterocycles. The smallest absolute Gasteiger partial charge is 0.251 e. The number of thioether (sulfide) groups is 1. The van der Waals surface area contributed by atoms with Gasteiger partial charge in [0.1, 0.15) is 11.0 Å². The molecule has 6 heteroatoms. The fourth-order valence-electron chi connectivity index (χ4n) is 2.27. The highest BCUT2D eigenvalue weighted by atomic mass is 35.5. The SMILES string of the molecule is CCNc1cc(C(=O)NCC2(SC)CCC2)cc(Cl)n1. The van der Waals surface area contributed by atoms with Crippen LogP contribution in [0.1, 0.15) is 36.5 Å². The average Bonchev–Trinajstić information content (AvgIpc) is 2.37. The van der Waals surface area contributed by atoms with Gasteiger partial charge in [0.15, 0.2) is 0 Å². The van der Waals surface area contributed by atoms with Crippen molar-refractivity contribution in [1.82, 2.24) is 10.3 Å². The zero-order valence-electron chi connectivity index (χ0n) is 11.8. The first kappa shape index (κ1) is 15.4. The van der Waals surface area contributed by atoms with Crippen molar-refractivity contribution in [2.24, 2.45) is 0 Å². The summed E-state index contributed by atoms with van der Waals surface area (Å²) in [6.45, 7) is 3.43. The van der Waals surface area contributed by atoms with Gasteiger partial charge in [0, 0.05) is 23.4 Å². The molecule has 1 amide bonds. The predicted octanol–water partition coefficient (Wildman–Crippen LogP) is 3.18. The number of nitrogens with zero attached hydrogens (tertiary/aromatic N) is 1. The summed E-state index contributed by atoms with van der Waals surface area (Å²) in [6.07, 6.45) is 5.71. The zero-order valence-corrected chi connectivity index (χ0v) is 13.4. The Morgan fingerprint density at radius 3 is 2.80 bits per heavy atom. The molecule has 0 atom stereocenters. The maximum absolute atomic E-state index is 12.2. The van der Waals surface area contributed by atoms with Gasteiger partial charge in [-0.25, -0.2) is 4.98 Å². The van der Waals surface area contributed by atoms with E-state index in [-0.39, 0.29) is 10.7 Å². The lowest BCUT2D eigenvalue weighted by atomic mass is 9.84. The maximum atomic E-state index is 12.2. The van der Waals surface area contributed by atoms with E-state index in [1.165, 1.54) is 19.3 Å². The Balaban J connectivity index is 2.01. The van der Waals surface area contributed by atoms with E-state index in [2.05, 4.69) is 21.9 Å². The second-order valence-electron chi connectivity index (χ2n) is 5.02. The number of amides is 1. The number of pyridine rings is 1. The fraction of sp³-hybridized carbons (Fsp3) is 0.571. The van der Waals surface area contributed by atoms with Crippen molar-refractivity contribution < 1.29 is 4.79 Å². The van der Waals surface area contributed by atoms with Crippen LogP contribution < -0.4 is 10.6 Å². The molecule has 0 saturated heterocycles. The number of aromatic nitrogens is 1. The second-order valence-corrected chi connectivity index (χ2v) is 6.68. The number of carbonyl (C=O) groups is 1. The van der Waals surface area contributed by atoms with Gasteiger partial charge in [-0.1, -0.05) is 18.0 Å². The van der Waals surface area contributed by atoms with E-state index in [1.807, 2.05) is 18.7 Å². The van der Waals surface area contributed by atoms with Crippen molar-refractivity contribution in [2.45, 2.75) is 30.9 Å². The predicted molar refractivity (Wildman–Crippen MR) is 85.8 cm³/mol. The Kier molecular flexibility index (Phi) is 5.16. The summed E-state index contributed by atoms with van der Waals surface area (Å²) in [6, 6.07) is 3.33. The number of carbonyl (C=O) groups excluding carboxylic acids is 1. The first-order valence-corrected chi connectivity index (χ1v) is 8.43. The molecule has 2 N–H and O–H groups in total. The third-order valence-electron chi connectivity index (χ3n) is 3.68. The molecule has 0 aliphatic heterocycles. The van der Waals surface area contributed by atoms with Gasteiger partial charge >= 0.3 is 0 Å². The summed E-state index contributed by atoms with van der Waals surface area (Å²) in [4.78, 5) is 16.4. The minimum absolute atomic E-state index is 0.0891. The van der Waals surface area contributed by atoms with Crippen LogP contribution in [0, 0.1) is 0 Å². The molecule has 0 spiro atoms. The van der Waals surface area contributed by atoms with Crippen molar-refractivity contribution >= 4 is 35.1 Å². The van der Waals surface area contributed by atoms with E-state index in [0.29, 0.717) is 23.1 Å². The number of hydrogen-bond acceptors (Lipinski definition) is 4. The number of anilines is 1. The first-order valence-electron chi connectivity index (χ1n) is 6.83. The molecular weight excluding hydrogens is 294 g/mol. The van der Waals surface area contributed by atoms with Crippen LogP contribution in [0.15, 0.2) is 12.1 Å². The van der Waals surface area contributed by atoms with E-state index in [9.17, 15) is 4.79 Å². The van der Waals surface area contributed by atoms with Gasteiger partial charge in [0.2, 0.25) is 0 Å². The summed E-state index contributed by atoms with van der Waals surface area (Å²) in [5.74, 6) is 0.544. The van der Waals surface area contributed by atoms with E-state index in [4.69, 9.17) is 11.6 Å². The van der Waals surface area contributed by atoms with Gasteiger partial charge in [0.25, 0.3) is 5.91 Å². The van der Waals surface area contributed by atoms with Crippen LogP contribution in [-0.2, 0) is 0 Å². The fourth-order valence-corrected chi connectivity index (χ4v) is 3.39. The molecule has 20 heavy (non-hydrogen) atoms. The third-order valence-corrected chi connectivity index (χ3v) is 5.30. The van der Waals surface area contributed by atoms with Crippen molar-refractivity contribution in [2.75, 3.05) is 24.7 Å². The highest BCUT2D eigenvalue weighted by Gasteiger charge is 2.36. The molecule has 1 fully saturated rings. The summed E-state index contributed by atoms with van der Waals surface area (Å²) >= 11 is 7.80. The molecule has 0 unspecified atom stereocenters. The molecule has 110 valence electrons. The van der Waals surface area contributed by atoms with E-state index < -0.39 is 0 Å². The van der Waals surface area contributed by atoms with Gasteiger partial charge < -0.3 is 10.6 Å². The van der Waals surface area contributed by atoms with Crippen LogP contribution in [-0.4, -0.2) is 35.0 Å². The number of halogens is 1. The molecule has 0 bridgehead atoms. The van der Waals surface area contributed by atoms with Gasteiger partial charge in [-0.05, 0) is 38.2 Å². The van der Waals surface area contributed by atoms with E-state index >= 15 is 0 Å². The molecule has 1 aromatic heterocycles. The topological polar surface area (TPSA) is 54.0 Å². The normalized spacial score (nSPS) is 16.4. The second kappa shape index (κ2) is 6.68. The Bertz CT molecular complexity index is 486. The minimum Gasteiger partial charge on any atom is -0.370 e. The summed E-state index contributed by atoms with van der Waals surface area (Å²) in [5, 5.41) is 6.42. The van der Waals surface area contributed by atoms with Crippen molar-refractivity contribution in [3.63, 3.8) is 0 Å². The lowest BCUT2D eigenvalue weighted by Crippen LogP contribution is -2.45. The van der Waals surface area contributed by atoms with Crippen LogP contribution in [0.3, 0.4) is 0 Å². The number of nitrogens with one attached hydrogen (secondary N) is 2. The van der Waals surface area contributed by atoms with Crippen molar-refractivity contribution in [3.8, 4) is 0 Å². The summed E-state index contributed by atoms with van der Waals surface area (Å²) in [7, 11) is 0. The van der Waals surface area contributed by atoms with Crippen LogP contribution in [0.25, 0.3) is 0 Å². The van der Waals surface area contributed by atoms with E-state index in [0.717, 1.165) is 6.54 Å². The standard InChI is InChI=1S/C14H20ClN3OS/c1-3-16-12-8-10(7-11(15)18-12)13(19)17-9-14(20-2)5-4-6-14/h7-8H,3-6,9H2,1-2H3,(H,16,18)(H,17,19). The van der Waals surface area contributed by atoms with Crippen LogP contribution >= 0.6 is 23.4 Å². The van der Waals surface area contributed by atoms with Gasteiger partial charge in [-0.3, -0.25) is 4.79 Å². The molecule has 0 radical (unpaired) electrons. The molecule has 4 nitrogen and oxygen atoms in total. The van der Waals surface area contributed by atoms with Crippen molar-refractivity contribution in [3.05, 3.63) is 22.8 Å². The Morgan fingerprint density at radius 1 is 1.50 bits per heavy atom. The molecule has 1 aromatic rings. The average molecular weight is 314 g/mol.